The van der Waals surface area contributed by atoms with E-state index in [4.69, 9.17) is 27.9 Å². The van der Waals surface area contributed by atoms with Gasteiger partial charge >= 0.3 is 0 Å². The lowest BCUT2D eigenvalue weighted by Gasteiger charge is -2.15. The summed E-state index contributed by atoms with van der Waals surface area (Å²) in [5.74, 6) is -0.288. The first-order valence-corrected chi connectivity index (χ1v) is 12.2. The molecule has 9 heteroatoms. The summed E-state index contributed by atoms with van der Waals surface area (Å²) in [5.41, 5.74) is 1.58. The Morgan fingerprint density at radius 2 is 1.39 bits per heavy atom. The topological polar surface area (TPSA) is 87.7 Å². The Kier molecular flexibility index (Phi) is 7.13. The van der Waals surface area contributed by atoms with Crippen LogP contribution in [0.25, 0.3) is 0 Å². The minimum absolute atomic E-state index is 0.0850. The zero-order valence-electron chi connectivity index (χ0n) is 19.7. The molecule has 4 aromatic rings. The second-order valence-corrected chi connectivity index (χ2v) is 9.02. The van der Waals surface area contributed by atoms with E-state index in [2.05, 4.69) is 10.6 Å². The minimum Gasteiger partial charge on any atom is -0.457 e. The van der Waals surface area contributed by atoms with Crippen molar-refractivity contribution >= 4 is 58.0 Å². The van der Waals surface area contributed by atoms with Crippen LogP contribution in [-0.2, 0) is 9.59 Å². The van der Waals surface area contributed by atoms with Gasteiger partial charge in [-0.3, -0.25) is 14.4 Å². The third-order valence-corrected chi connectivity index (χ3v) is 6.20. The maximum Gasteiger partial charge on any atom is 0.283 e. The van der Waals surface area contributed by atoms with Crippen LogP contribution in [0, 0.1) is 0 Å². The number of hydrogen-bond donors (Lipinski definition) is 2. The highest BCUT2D eigenvalue weighted by molar-refractivity contribution is 6.53. The summed E-state index contributed by atoms with van der Waals surface area (Å²) in [4.78, 5) is 39.5. The molecule has 0 aliphatic carbocycles. The predicted octanol–water partition coefficient (Wildman–Crippen LogP) is 6.82. The van der Waals surface area contributed by atoms with Crippen LogP contribution in [0.5, 0.6) is 11.5 Å². The van der Waals surface area contributed by atoms with Gasteiger partial charge in [-0.15, -0.1) is 0 Å². The van der Waals surface area contributed by atoms with Crippen LogP contribution >= 0.6 is 23.2 Å². The number of ether oxygens (including phenoxy) is 1. The van der Waals surface area contributed by atoms with Gasteiger partial charge in [0.25, 0.3) is 17.7 Å². The van der Waals surface area contributed by atoms with Crippen molar-refractivity contribution in [1.82, 2.24) is 0 Å². The van der Waals surface area contributed by atoms with Crippen molar-refractivity contribution in [2.24, 2.45) is 0 Å². The van der Waals surface area contributed by atoms with Gasteiger partial charge in [0.2, 0.25) is 0 Å². The molecule has 0 fully saturated rings. The molecule has 1 aliphatic heterocycles. The number of halogens is 2. The first-order chi connectivity index (χ1) is 18.4. The van der Waals surface area contributed by atoms with E-state index >= 15 is 0 Å². The fraction of sp³-hybridized carbons (Fsp3) is 0. The highest BCUT2D eigenvalue weighted by Crippen LogP contribution is 2.31. The van der Waals surface area contributed by atoms with Crippen LogP contribution in [0.3, 0.4) is 0 Å². The molecule has 3 amide bonds. The highest BCUT2D eigenvalue weighted by atomic mass is 35.5. The molecular weight excluding hydrogens is 525 g/mol. The number of benzene rings is 4. The number of imide groups is 1. The Balaban J connectivity index is 1.26. The fourth-order valence-corrected chi connectivity index (χ4v) is 4.09. The van der Waals surface area contributed by atoms with Gasteiger partial charge in [-0.2, -0.15) is 0 Å². The van der Waals surface area contributed by atoms with Gasteiger partial charge in [0.05, 0.1) is 5.69 Å². The van der Waals surface area contributed by atoms with E-state index in [1.807, 2.05) is 30.3 Å². The van der Waals surface area contributed by atoms with Crippen molar-refractivity contribution in [2.75, 3.05) is 15.5 Å². The molecule has 7 nitrogen and oxygen atoms in total. The summed E-state index contributed by atoms with van der Waals surface area (Å²) in [6, 6.07) is 29.1. The van der Waals surface area contributed by atoms with Gasteiger partial charge in [0, 0.05) is 22.0 Å². The number of carbonyl (C=O) groups is 3. The van der Waals surface area contributed by atoms with Crippen molar-refractivity contribution in [3.05, 3.63) is 124 Å². The number of rotatable bonds is 7. The van der Waals surface area contributed by atoms with Gasteiger partial charge in [-0.25, -0.2) is 4.90 Å². The zero-order valence-corrected chi connectivity index (χ0v) is 21.2. The van der Waals surface area contributed by atoms with Gasteiger partial charge < -0.3 is 15.4 Å². The molecule has 188 valence electrons. The standard InChI is InChI=1S/C29H19Cl2N3O4/c30-19-9-13-22(14-10-19)34-28(36)25(31)26(29(34)37)32-21-6-4-5-18(17-21)27(35)33-20-11-15-24(16-12-20)38-23-7-2-1-3-8-23/h1-17,32H,(H,33,35). The summed E-state index contributed by atoms with van der Waals surface area (Å²) < 4.78 is 5.77. The molecular formula is C29H19Cl2N3O4. The number of hydrogen-bond acceptors (Lipinski definition) is 5. The molecule has 0 unspecified atom stereocenters. The van der Waals surface area contributed by atoms with E-state index < -0.39 is 11.8 Å². The Morgan fingerprint density at radius 3 is 2.11 bits per heavy atom. The summed E-state index contributed by atoms with van der Waals surface area (Å²) >= 11 is 12.1. The Morgan fingerprint density at radius 1 is 0.711 bits per heavy atom. The molecule has 0 spiro atoms. The van der Waals surface area contributed by atoms with E-state index in [1.165, 1.54) is 0 Å². The molecule has 0 radical (unpaired) electrons. The normalized spacial score (nSPS) is 13.1. The molecule has 0 bridgehead atoms. The van der Waals surface area contributed by atoms with E-state index in [0.29, 0.717) is 39.1 Å². The molecule has 2 N–H and O–H groups in total. The lowest BCUT2D eigenvalue weighted by molar-refractivity contribution is -0.120. The molecule has 0 saturated heterocycles. The zero-order chi connectivity index (χ0) is 26.6. The van der Waals surface area contributed by atoms with Gasteiger partial charge in [-0.1, -0.05) is 47.5 Å². The van der Waals surface area contributed by atoms with Crippen LogP contribution in [0.1, 0.15) is 10.4 Å². The molecule has 0 atom stereocenters. The number of nitrogens with one attached hydrogen (secondary N) is 2. The van der Waals surface area contributed by atoms with Gasteiger partial charge in [0.1, 0.15) is 22.2 Å². The van der Waals surface area contributed by atoms with Crippen molar-refractivity contribution in [3.63, 3.8) is 0 Å². The second kappa shape index (κ2) is 10.8. The smallest absolute Gasteiger partial charge is 0.283 e. The SMILES string of the molecule is O=C(Nc1ccc(Oc2ccccc2)cc1)c1cccc(NC2=C(Cl)C(=O)N(c3ccc(Cl)cc3)C2=O)c1. The van der Waals surface area contributed by atoms with Crippen LogP contribution in [-0.4, -0.2) is 17.7 Å². The van der Waals surface area contributed by atoms with Crippen molar-refractivity contribution in [3.8, 4) is 11.5 Å². The predicted molar refractivity (Wildman–Crippen MR) is 148 cm³/mol. The summed E-state index contributed by atoms with van der Waals surface area (Å²) in [5, 5.41) is 5.93. The van der Waals surface area contributed by atoms with Crippen LogP contribution < -0.4 is 20.3 Å². The number of anilines is 3. The Labute approximate surface area is 228 Å². The van der Waals surface area contributed by atoms with Crippen LogP contribution in [0.2, 0.25) is 5.02 Å². The number of carbonyl (C=O) groups excluding carboxylic acids is 3. The maximum atomic E-state index is 13.0. The first-order valence-electron chi connectivity index (χ1n) is 11.4. The molecule has 0 saturated carbocycles. The molecule has 1 aliphatic rings. The monoisotopic (exact) mass is 543 g/mol. The number of nitrogens with zero attached hydrogens (tertiary/aromatic N) is 1. The maximum absolute atomic E-state index is 13.0. The lowest BCUT2D eigenvalue weighted by Crippen LogP contribution is -2.32. The average molecular weight is 544 g/mol. The quantitative estimate of drug-likeness (QED) is 0.249. The van der Waals surface area contributed by atoms with E-state index in [-0.39, 0.29) is 16.6 Å². The van der Waals surface area contributed by atoms with E-state index in [1.54, 1.807) is 72.8 Å². The summed E-state index contributed by atoms with van der Waals surface area (Å²) in [6.45, 7) is 0. The van der Waals surface area contributed by atoms with Crippen molar-refractivity contribution in [2.45, 2.75) is 0 Å². The Bertz CT molecular complexity index is 1550. The first kappa shape index (κ1) is 25.1. The van der Waals surface area contributed by atoms with Crippen LogP contribution in [0.15, 0.2) is 114 Å². The third-order valence-electron chi connectivity index (χ3n) is 5.60. The number of amides is 3. The molecule has 5 rings (SSSR count). The molecule has 0 aromatic heterocycles. The average Bonchev–Trinajstić information content (AvgIpc) is 3.14. The van der Waals surface area contributed by atoms with Crippen LogP contribution in [0.4, 0.5) is 17.1 Å². The molecule has 1 heterocycles. The third kappa shape index (κ3) is 5.39. The molecule has 38 heavy (non-hydrogen) atoms. The van der Waals surface area contributed by atoms with Crippen molar-refractivity contribution < 1.29 is 19.1 Å². The second-order valence-electron chi connectivity index (χ2n) is 8.21. The van der Waals surface area contributed by atoms with Crippen molar-refractivity contribution in [1.29, 1.82) is 0 Å². The molecule has 4 aromatic carbocycles. The Hall–Kier alpha value is -4.59. The lowest BCUT2D eigenvalue weighted by atomic mass is 10.1. The van der Waals surface area contributed by atoms with Gasteiger partial charge in [-0.05, 0) is 78.9 Å². The highest BCUT2D eigenvalue weighted by Gasteiger charge is 2.39. The summed E-state index contributed by atoms with van der Waals surface area (Å²) in [7, 11) is 0. The summed E-state index contributed by atoms with van der Waals surface area (Å²) in [6.07, 6.45) is 0. The minimum atomic E-state index is -0.657. The largest absolute Gasteiger partial charge is 0.457 e. The number of para-hydroxylation sites is 1. The fourth-order valence-electron chi connectivity index (χ4n) is 3.75. The van der Waals surface area contributed by atoms with E-state index in [0.717, 1.165) is 4.90 Å². The van der Waals surface area contributed by atoms with Gasteiger partial charge in [0.15, 0.2) is 0 Å². The van der Waals surface area contributed by atoms with E-state index in [9.17, 15) is 14.4 Å².